The molecule has 2 aliphatic heterocycles. The summed E-state index contributed by atoms with van der Waals surface area (Å²) in [7, 11) is 0. The molecule has 1 N–H and O–H groups in total. The lowest BCUT2D eigenvalue weighted by molar-refractivity contribution is -0.186. The standard InChI is InChI=1S/C11H17F3N2O.ClH/c12-11(13,14)9-2-5-16(6-3-9)10(17)8-1-4-15-7-8;/h8-9,15H,1-7H2;1H/t8-;/m0./s1. The van der Waals surface area contributed by atoms with Crippen molar-refractivity contribution in [1.29, 1.82) is 0 Å². The molecule has 1 amide bonds. The van der Waals surface area contributed by atoms with Crippen molar-refractivity contribution < 1.29 is 18.0 Å². The lowest BCUT2D eigenvalue weighted by Crippen LogP contribution is -2.44. The number of carbonyl (C=O) groups is 1. The number of nitrogens with one attached hydrogen (secondary N) is 1. The fraction of sp³-hybridized carbons (Fsp3) is 0.909. The minimum Gasteiger partial charge on any atom is -0.342 e. The van der Waals surface area contributed by atoms with Crippen molar-refractivity contribution in [2.45, 2.75) is 25.4 Å². The van der Waals surface area contributed by atoms with E-state index < -0.39 is 12.1 Å². The molecule has 2 rings (SSSR count). The van der Waals surface area contributed by atoms with Gasteiger partial charge in [-0.1, -0.05) is 0 Å². The zero-order chi connectivity index (χ0) is 12.5. The molecule has 2 heterocycles. The average Bonchev–Trinajstić information content (AvgIpc) is 2.80. The maximum absolute atomic E-state index is 12.5. The smallest absolute Gasteiger partial charge is 0.342 e. The molecule has 2 saturated heterocycles. The second kappa shape index (κ2) is 6.10. The number of hydrogen-bond acceptors (Lipinski definition) is 2. The van der Waals surface area contributed by atoms with Gasteiger partial charge in [0, 0.05) is 19.6 Å². The van der Waals surface area contributed by atoms with Gasteiger partial charge in [-0.25, -0.2) is 0 Å². The van der Waals surface area contributed by atoms with E-state index in [1.807, 2.05) is 0 Å². The van der Waals surface area contributed by atoms with Gasteiger partial charge in [0.1, 0.15) is 0 Å². The molecule has 18 heavy (non-hydrogen) atoms. The van der Waals surface area contributed by atoms with Gasteiger partial charge in [-0.3, -0.25) is 4.79 Å². The third kappa shape index (κ3) is 3.51. The molecule has 0 aromatic rings. The lowest BCUT2D eigenvalue weighted by Gasteiger charge is -2.34. The predicted octanol–water partition coefficient (Wildman–Crippen LogP) is 1.82. The van der Waals surface area contributed by atoms with E-state index in [0.717, 1.165) is 13.0 Å². The second-order valence-corrected chi connectivity index (χ2v) is 4.83. The Morgan fingerprint density at radius 1 is 1.17 bits per heavy atom. The monoisotopic (exact) mass is 286 g/mol. The largest absolute Gasteiger partial charge is 0.391 e. The highest BCUT2D eigenvalue weighted by Gasteiger charge is 2.42. The van der Waals surface area contributed by atoms with Gasteiger partial charge in [-0.2, -0.15) is 13.2 Å². The molecule has 106 valence electrons. The van der Waals surface area contributed by atoms with Crippen molar-refractivity contribution in [2.24, 2.45) is 11.8 Å². The van der Waals surface area contributed by atoms with Crippen LogP contribution < -0.4 is 5.32 Å². The number of likely N-dealkylation sites (tertiary alicyclic amines) is 1. The van der Waals surface area contributed by atoms with Crippen molar-refractivity contribution in [3.8, 4) is 0 Å². The van der Waals surface area contributed by atoms with E-state index in [2.05, 4.69) is 5.32 Å². The fourth-order valence-electron chi connectivity index (χ4n) is 2.55. The Labute approximate surface area is 110 Å². The highest BCUT2D eigenvalue weighted by Crippen LogP contribution is 2.34. The van der Waals surface area contributed by atoms with Crippen molar-refractivity contribution in [3.63, 3.8) is 0 Å². The van der Waals surface area contributed by atoms with Crippen LogP contribution in [0.4, 0.5) is 13.2 Å². The molecule has 0 unspecified atom stereocenters. The van der Waals surface area contributed by atoms with Gasteiger partial charge in [-0.15, -0.1) is 12.4 Å². The van der Waals surface area contributed by atoms with E-state index in [4.69, 9.17) is 0 Å². The minimum absolute atomic E-state index is 0. The molecule has 3 nitrogen and oxygen atoms in total. The molecular formula is C11H18ClF3N2O. The third-order valence-electron chi connectivity index (χ3n) is 3.68. The van der Waals surface area contributed by atoms with Gasteiger partial charge >= 0.3 is 6.18 Å². The van der Waals surface area contributed by atoms with Gasteiger partial charge in [0.2, 0.25) is 5.91 Å². The van der Waals surface area contributed by atoms with E-state index in [1.54, 1.807) is 4.90 Å². The number of rotatable bonds is 1. The summed E-state index contributed by atoms with van der Waals surface area (Å²) < 4.78 is 37.4. The molecule has 7 heteroatoms. The summed E-state index contributed by atoms with van der Waals surface area (Å²) in [6, 6.07) is 0. The normalized spacial score (nSPS) is 25.9. The van der Waals surface area contributed by atoms with Crippen molar-refractivity contribution in [2.75, 3.05) is 26.2 Å². The van der Waals surface area contributed by atoms with Crippen LogP contribution in [-0.2, 0) is 4.79 Å². The molecule has 2 fully saturated rings. The number of halogens is 4. The summed E-state index contributed by atoms with van der Waals surface area (Å²) >= 11 is 0. The number of hydrogen-bond donors (Lipinski definition) is 1. The van der Waals surface area contributed by atoms with E-state index in [-0.39, 0.29) is 50.2 Å². The summed E-state index contributed by atoms with van der Waals surface area (Å²) in [5.74, 6) is -1.23. The van der Waals surface area contributed by atoms with E-state index in [9.17, 15) is 18.0 Å². The van der Waals surface area contributed by atoms with Crippen LogP contribution in [0, 0.1) is 11.8 Å². The molecule has 0 saturated carbocycles. The minimum atomic E-state index is -4.11. The molecule has 0 radical (unpaired) electrons. The molecule has 1 atom stereocenters. The number of amides is 1. The first kappa shape index (κ1) is 15.6. The molecule has 0 aromatic heterocycles. The summed E-state index contributed by atoms with van der Waals surface area (Å²) in [4.78, 5) is 13.6. The predicted molar refractivity (Wildman–Crippen MR) is 63.6 cm³/mol. The van der Waals surface area contributed by atoms with Gasteiger partial charge in [-0.05, 0) is 25.8 Å². The summed E-state index contributed by atoms with van der Waals surface area (Å²) in [5, 5.41) is 3.10. The Hall–Kier alpha value is -0.490. The molecule has 2 aliphatic rings. The molecule has 0 aliphatic carbocycles. The Bertz CT molecular complexity index is 285. The second-order valence-electron chi connectivity index (χ2n) is 4.83. The first-order chi connectivity index (χ1) is 7.98. The number of nitrogens with zero attached hydrogens (tertiary/aromatic N) is 1. The Balaban J connectivity index is 0.00000162. The van der Waals surface area contributed by atoms with Crippen LogP contribution in [0.3, 0.4) is 0 Å². The molecule has 0 aromatic carbocycles. The van der Waals surface area contributed by atoms with E-state index in [1.165, 1.54) is 0 Å². The highest BCUT2D eigenvalue weighted by molar-refractivity contribution is 5.85. The zero-order valence-corrected chi connectivity index (χ0v) is 10.8. The van der Waals surface area contributed by atoms with Crippen molar-refractivity contribution in [3.05, 3.63) is 0 Å². The van der Waals surface area contributed by atoms with Gasteiger partial charge in [0.15, 0.2) is 0 Å². The van der Waals surface area contributed by atoms with Crippen LogP contribution in [0.25, 0.3) is 0 Å². The zero-order valence-electron chi connectivity index (χ0n) is 10.0. The quantitative estimate of drug-likeness (QED) is 0.797. The van der Waals surface area contributed by atoms with Crippen LogP contribution >= 0.6 is 12.4 Å². The average molecular weight is 287 g/mol. The maximum atomic E-state index is 12.5. The lowest BCUT2D eigenvalue weighted by atomic mass is 9.95. The fourth-order valence-corrected chi connectivity index (χ4v) is 2.55. The van der Waals surface area contributed by atoms with E-state index in [0.29, 0.717) is 6.54 Å². The van der Waals surface area contributed by atoms with Crippen LogP contribution in [0.2, 0.25) is 0 Å². The Morgan fingerprint density at radius 3 is 2.22 bits per heavy atom. The molecule has 0 bridgehead atoms. The number of piperidine rings is 1. The first-order valence-electron chi connectivity index (χ1n) is 6.04. The molecule has 0 spiro atoms. The van der Waals surface area contributed by atoms with Gasteiger partial charge in [0.25, 0.3) is 0 Å². The first-order valence-corrected chi connectivity index (χ1v) is 6.04. The van der Waals surface area contributed by atoms with E-state index >= 15 is 0 Å². The summed E-state index contributed by atoms with van der Waals surface area (Å²) in [6.45, 7) is 1.99. The Kier molecular flexibility index (Phi) is 5.28. The van der Waals surface area contributed by atoms with Crippen LogP contribution in [0.1, 0.15) is 19.3 Å². The van der Waals surface area contributed by atoms with Gasteiger partial charge in [0.05, 0.1) is 11.8 Å². The Morgan fingerprint density at radius 2 is 1.78 bits per heavy atom. The highest BCUT2D eigenvalue weighted by atomic mass is 35.5. The third-order valence-corrected chi connectivity index (χ3v) is 3.68. The van der Waals surface area contributed by atoms with Crippen LogP contribution in [-0.4, -0.2) is 43.2 Å². The topological polar surface area (TPSA) is 32.3 Å². The summed E-state index contributed by atoms with van der Waals surface area (Å²) in [6.07, 6.45) is -3.20. The molecular weight excluding hydrogens is 269 g/mol. The van der Waals surface area contributed by atoms with Crippen molar-refractivity contribution in [1.82, 2.24) is 10.2 Å². The van der Waals surface area contributed by atoms with Gasteiger partial charge < -0.3 is 10.2 Å². The summed E-state index contributed by atoms with van der Waals surface area (Å²) in [5.41, 5.74) is 0. The van der Waals surface area contributed by atoms with Crippen LogP contribution in [0.5, 0.6) is 0 Å². The van der Waals surface area contributed by atoms with Crippen molar-refractivity contribution >= 4 is 18.3 Å². The SMILES string of the molecule is Cl.O=C([C@H]1CCNC1)N1CCC(C(F)(F)F)CC1. The number of carbonyl (C=O) groups excluding carboxylic acids is 1. The maximum Gasteiger partial charge on any atom is 0.391 e. The van der Waals surface area contributed by atoms with Crippen LogP contribution in [0.15, 0.2) is 0 Å². The number of alkyl halides is 3.